The lowest BCUT2D eigenvalue weighted by Gasteiger charge is -2.19. The van der Waals surface area contributed by atoms with Crippen LogP contribution in [0.5, 0.6) is 11.5 Å². The van der Waals surface area contributed by atoms with Crippen molar-refractivity contribution in [1.29, 1.82) is 0 Å². The minimum Gasteiger partial charge on any atom is -0.492 e. The van der Waals surface area contributed by atoms with Crippen molar-refractivity contribution >= 4 is 29.6 Å². The second kappa shape index (κ2) is 9.28. The van der Waals surface area contributed by atoms with Gasteiger partial charge >= 0.3 is 5.97 Å². The van der Waals surface area contributed by atoms with Crippen molar-refractivity contribution in [2.45, 2.75) is 0 Å². The molecule has 1 aliphatic heterocycles. The van der Waals surface area contributed by atoms with Gasteiger partial charge in [-0.1, -0.05) is 29.8 Å². The third-order valence-electron chi connectivity index (χ3n) is 4.16. The summed E-state index contributed by atoms with van der Waals surface area (Å²) < 4.78 is 16.2. The maximum atomic E-state index is 12.2. The number of para-hydroxylation sites is 1. The van der Waals surface area contributed by atoms with Crippen LogP contribution in [0, 0.1) is 0 Å². The van der Waals surface area contributed by atoms with E-state index in [1.165, 1.54) is 4.90 Å². The zero-order chi connectivity index (χ0) is 19.9. The highest BCUT2D eigenvalue weighted by Gasteiger charge is 2.20. The van der Waals surface area contributed by atoms with Crippen LogP contribution in [0.1, 0.15) is 5.56 Å². The van der Waals surface area contributed by atoms with Gasteiger partial charge in [0.1, 0.15) is 24.7 Å². The van der Waals surface area contributed by atoms with Crippen LogP contribution in [-0.4, -0.2) is 50.2 Å². The number of esters is 1. The van der Waals surface area contributed by atoms with E-state index in [-0.39, 0.29) is 19.1 Å². The molecule has 1 aliphatic rings. The molecule has 3 rings (SSSR count). The molecule has 0 saturated carbocycles. The third-order valence-corrected chi connectivity index (χ3v) is 4.41. The van der Waals surface area contributed by atoms with E-state index in [0.29, 0.717) is 29.5 Å². The molecule has 0 spiro atoms. The number of carbonyl (C=O) groups is 2. The number of rotatable bonds is 7. The quantitative estimate of drug-likeness (QED) is 0.666. The Kier molecular flexibility index (Phi) is 6.55. The first kappa shape index (κ1) is 19.8. The summed E-state index contributed by atoms with van der Waals surface area (Å²) in [5, 5.41) is 0.628. The number of amides is 1. The molecule has 7 heteroatoms. The molecule has 0 aromatic heterocycles. The summed E-state index contributed by atoms with van der Waals surface area (Å²) in [5.74, 6) is 0.510. The summed E-state index contributed by atoms with van der Waals surface area (Å²) >= 11 is 5.82. The van der Waals surface area contributed by atoms with Crippen LogP contribution in [0.3, 0.4) is 0 Å². The Morgan fingerprint density at radius 3 is 2.68 bits per heavy atom. The topological polar surface area (TPSA) is 65.1 Å². The van der Waals surface area contributed by atoms with Crippen LogP contribution in [0.25, 0.3) is 6.08 Å². The third kappa shape index (κ3) is 5.27. The lowest BCUT2D eigenvalue weighted by molar-refractivity contribution is -0.148. The summed E-state index contributed by atoms with van der Waals surface area (Å²) in [4.78, 5) is 25.8. The molecule has 2 aromatic rings. The molecule has 0 N–H and O–H groups in total. The number of ether oxygens (including phenoxy) is 3. The van der Waals surface area contributed by atoms with Crippen LogP contribution in [0.2, 0.25) is 5.02 Å². The second-order valence-corrected chi connectivity index (χ2v) is 6.63. The van der Waals surface area contributed by atoms with Gasteiger partial charge in [0, 0.05) is 17.6 Å². The Hall–Kier alpha value is -2.99. The van der Waals surface area contributed by atoms with Crippen LogP contribution in [-0.2, 0) is 14.3 Å². The van der Waals surface area contributed by atoms with Crippen molar-refractivity contribution < 1.29 is 23.8 Å². The monoisotopic (exact) mass is 401 g/mol. The summed E-state index contributed by atoms with van der Waals surface area (Å²) in [6, 6.07) is 14.4. The van der Waals surface area contributed by atoms with E-state index in [2.05, 4.69) is 0 Å². The molecule has 2 aromatic carbocycles. The van der Waals surface area contributed by atoms with E-state index in [0.717, 1.165) is 11.3 Å². The standard InChI is InChI=1S/C21H20ClNO5/c1-23(10-11-26-18-8-6-17(22)7-9-18)20(24)14-28-21(25)16-12-15-4-2-3-5-19(15)27-13-16/h2-9,12H,10-11,13-14H2,1H3. The number of hydrogen-bond donors (Lipinski definition) is 0. The Labute approximate surface area is 168 Å². The number of carbonyl (C=O) groups excluding carboxylic acids is 2. The second-order valence-electron chi connectivity index (χ2n) is 6.19. The lowest BCUT2D eigenvalue weighted by Crippen LogP contribution is -2.34. The fourth-order valence-electron chi connectivity index (χ4n) is 2.52. The predicted molar refractivity (Wildman–Crippen MR) is 105 cm³/mol. The van der Waals surface area contributed by atoms with Gasteiger partial charge in [-0.3, -0.25) is 4.79 Å². The fraction of sp³-hybridized carbons (Fsp3) is 0.238. The van der Waals surface area contributed by atoms with E-state index in [4.69, 9.17) is 25.8 Å². The maximum Gasteiger partial charge on any atom is 0.338 e. The number of halogens is 1. The zero-order valence-electron chi connectivity index (χ0n) is 15.4. The molecule has 0 aliphatic carbocycles. The first-order valence-electron chi connectivity index (χ1n) is 8.75. The molecule has 1 amide bonds. The number of likely N-dealkylation sites (N-methyl/N-ethyl adjacent to an activating group) is 1. The summed E-state index contributed by atoms with van der Waals surface area (Å²) in [6.07, 6.45) is 1.72. The number of fused-ring (bicyclic) bond motifs is 1. The molecule has 0 atom stereocenters. The summed E-state index contributed by atoms with van der Waals surface area (Å²) in [6.45, 7) is 0.454. The first-order chi connectivity index (χ1) is 13.5. The van der Waals surface area contributed by atoms with Crippen molar-refractivity contribution in [3.8, 4) is 11.5 Å². The van der Waals surface area contributed by atoms with Gasteiger partial charge in [0.05, 0.1) is 12.1 Å². The fourth-order valence-corrected chi connectivity index (χ4v) is 2.65. The minimum atomic E-state index is -0.561. The molecule has 0 fully saturated rings. The zero-order valence-corrected chi connectivity index (χ0v) is 16.1. The van der Waals surface area contributed by atoms with E-state index < -0.39 is 5.97 Å². The maximum absolute atomic E-state index is 12.2. The van der Waals surface area contributed by atoms with Crippen LogP contribution < -0.4 is 9.47 Å². The molecule has 0 unspecified atom stereocenters. The molecule has 6 nitrogen and oxygen atoms in total. The molecule has 0 bridgehead atoms. The van der Waals surface area contributed by atoms with E-state index in [9.17, 15) is 9.59 Å². The van der Waals surface area contributed by atoms with Crippen molar-refractivity contribution in [3.05, 3.63) is 64.7 Å². The average Bonchev–Trinajstić information content (AvgIpc) is 2.72. The molecule has 1 heterocycles. The highest BCUT2D eigenvalue weighted by molar-refractivity contribution is 6.30. The molecular weight excluding hydrogens is 382 g/mol. The predicted octanol–water partition coefficient (Wildman–Crippen LogP) is 3.20. The van der Waals surface area contributed by atoms with Gasteiger partial charge in [0.2, 0.25) is 0 Å². The molecule has 0 saturated heterocycles. The van der Waals surface area contributed by atoms with Crippen LogP contribution >= 0.6 is 11.6 Å². The SMILES string of the molecule is CN(CCOc1ccc(Cl)cc1)C(=O)COC(=O)C1=Cc2ccccc2OC1. The van der Waals surface area contributed by atoms with E-state index in [1.54, 1.807) is 37.4 Å². The molecule has 146 valence electrons. The van der Waals surface area contributed by atoms with Gasteiger partial charge in [-0.05, 0) is 36.4 Å². The Morgan fingerprint density at radius 1 is 1.14 bits per heavy atom. The molecule has 28 heavy (non-hydrogen) atoms. The van der Waals surface area contributed by atoms with Gasteiger partial charge in [-0.2, -0.15) is 0 Å². The average molecular weight is 402 g/mol. The first-order valence-corrected chi connectivity index (χ1v) is 9.12. The van der Waals surface area contributed by atoms with Crippen molar-refractivity contribution in [2.75, 3.05) is 33.4 Å². The van der Waals surface area contributed by atoms with Gasteiger partial charge in [-0.25, -0.2) is 4.79 Å². The van der Waals surface area contributed by atoms with Gasteiger partial charge in [-0.15, -0.1) is 0 Å². The van der Waals surface area contributed by atoms with Crippen molar-refractivity contribution in [2.24, 2.45) is 0 Å². The van der Waals surface area contributed by atoms with Gasteiger partial charge in [0.25, 0.3) is 5.91 Å². The Bertz CT molecular complexity index is 879. The highest BCUT2D eigenvalue weighted by Crippen LogP contribution is 2.26. The minimum absolute atomic E-state index is 0.120. The highest BCUT2D eigenvalue weighted by atomic mass is 35.5. The van der Waals surface area contributed by atoms with Gasteiger partial charge in [0.15, 0.2) is 6.61 Å². The number of nitrogens with zero attached hydrogens (tertiary/aromatic N) is 1. The van der Waals surface area contributed by atoms with Crippen LogP contribution in [0.4, 0.5) is 0 Å². The largest absolute Gasteiger partial charge is 0.492 e. The lowest BCUT2D eigenvalue weighted by atomic mass is 10.1. The smallest absolute Gasteiger partial charge is 0.338 e. The van der Waals surface area contributed by atoms with E-state index >= 15 is 0 Å². The van der Waals surface area contributed by atoms with Crippen molar-refractivity contribution in [3.63, 3.8) is 0 Å². The summed E-state index contributed by atoms with van der Waals surface area (Å²) in [5.41, 5.74) is 1.18. The summed E-state index contributed by atoms with van der Waals surface area (Å²) in [7, 11) is 1.63. The molecular formula is C21H20ClNO5. The van der Waals surface area contributed by atoms with E-state index in [1.807, 2.05) is 24.3 Å². The number of hydrogen-bond acceptors (Lipinski definition) is 5. The normalized spacial score (nSPS) is 12.3. The van der Waals surface area contributed by atoms with Crippen LogP contribution in [0.15, 0.2) is 54.1 Å². The van der Waals surface area contributed by atoms with Gasteiger partial charge < -0.3 is 19.1 Å². The van der Waals surface area contributed by atoms with Crippen molar-refractivity contribution in [1.82, 2.24) is 4.90 Å². The Balaban J connectivity index is 1.42. The number of benzene rings is 2. The Morgan fingerprint density at radius 2 is 1.89 bits per heavy atom. The molecule has 0 radical (unpaired) electrons.